The van der Waals surface area contributed by atoms with Gasteiger partial charge in [-0.05, 0) is 32.0 Å². The predicted octanol–water partition coefficient (Wildman–Crippen LogP) is 3.79. The average molecular weight is 347 g/mol. The van der Waals surface area contributed by atoms with E-state index in [1.807, 2.05) is 26.1 Å². The molecule has 2 aromatic rings. The molecule has 0 fully saturated rings. The zero-order chi connectivity index (χ0) is 16.8. The van der Waals surface area contributed by atoms with E-state index in [4.69, 9.17) is 0 Å². The predicted molar refractivity (Wildman–Crippen MR) is 103 cm³/mol. The Morgan fingerprint density at radius 1 is 1.00 bits per heavy atom. The molecule has 2 aromatic carbocycles. The van der Waals surface area contributed by atoms with Crippen LogP contribution in [0.1, 0.15) is 35.2 Å². The van der Waals surface area contributed by atoms with Gasteiger partial charge in [0.25, 0.3) is 0 Å². The molecule has 1 unspecified atom stereocenters. The molecule has 24 heavy (non-hydrogen) atoms. The topological polar surface area (TPSA) is 41.1 Å². The number of carbonyl (C=O) groups excluding carboxylic acids is 1. The van der Waals surface area contributed by atoms with Gasteiger partial charge in [-0.2, -0.15) is 0 Å². The minimum Gasteiger partial charge on any atom is -0.345 e. The highest BCUT2D eigenvalue weighted by Gasteiger charge is 2.20. The molecule has 0 radical (unpaired) electrons. The lowest BCUT2D eigenvalue weighted by Crippen LogP contribution is -2.37. The van der Waals surface area contributed by atoms with E-state index in [0.717, 1.165) is 11.1 Å². The van der Waals surface area contributed by atoms with Gasteiger partial charge in [0.1, 0.15) is 0 Å². The summed E-state index contributed by atoms with van der Waals surface area (Å²) < 4.78 is 0. The van der Waals surface area contributed by atoms with Crippen LogP contribution in [-0.2, 0) is 4.79 Å². The quantitative estimate of drug-likeness (QED) is 0.835. The smallest absolute Gasteiger partial charge is 0.224 e. The lowest BCUT2D eigenvalue weighted by Gasteiger charge is -2.23. The van der Waals surface area contributed by atoms with E-state index < -0.39 is 0 Å². The minimum absolute atomic E-state index is 0. The molecule has 0 aliphatic rings. The zero-order valence-corrected chi connectivity index (χ0v) is 15.6. The number of hydrogen-bond donors (Lipinski definition) is 2. The van der Waals surface area contributed by atoms with Gasteiger partial charge in [0.2, 0.25) is 5.91 Å². The molecular weight excluding hydrogens is 320 g/mol. The van der Waals surface area contributed by atoms with E-state index in [1.54, 1.807) is 0 Å². The third-order valence-corrected chi connectivity index (χ3v) is 4.00. The van der Waals surface area contributed by atoms with Crippen molar-refractivity contribution in [3.05, 3.63) is 70.8 Å². The van der Waals surface area contributed by atoms with Crippen molar-refractivity contribution in [2.75, 3.05) is 13.6 Å². The molecule has 2 rings (SSSR count). The Hall–Kier alpha value is -1.84. The van der Waals surface area contributed by atoms with Crippen molar-refractivity contribution in [3.8, 4) is 0 Å². The SMILES string of the molecule is CNCC(C)C(=O)NC(c1cccc(C)c1)c1cccc(C)c1.Cl. The molecule has 0 aliphatic heterocycles. The van der Waals surface area contributed by atoms with Crippen molar-refractivity contribution in [3.63, 3.8) is 0 Å². The third kappa shape index (κ3) is 5.36. The highest BCUT2D eigenvalue weighted by atomic mass is 35.5. The van der Waals surface area contributed by atoms with Crippen molar-refractivity contribution in [2.45, 2.75) is 26.8 Å². The summed E-state index contributed by atoms with van der Waals surface area (Å²) in [6, 6.07) is 16.5. The number of halogens is 1. The fraction of sp³-hybridized carbons (Fsp3) is 0.350. The first-order chi connectivity index (χ1) is 11.0. The molecule has 4 heteroatoms. The van der Waals surface area contributed by atoms with Crippen LogP contribution < -0.4 is 10.6 Å². The maximum absolute atomic E-state index is 12.5. The fourth-order valence-electron chi connectivity index (χ4n) is 2.74. The van der Waals surface area contributed by atoms with Crippen LogP contribution in [0.15, 0.2) is 48.5 Å². The zero-order valence-electron chi connectivity index (χ0n) is 14.8. The fourth-order valence-corrected chi connectivity index (χ4v) is 2.74. The van der Waals surface area contributed by atoms with Crippen LogP contribution in [0.3, 0.4) is 0 Å². The first kappa shape index (κ1) is 20.2. The first-order valence-electron chi connectivity index (χ1n) is 8.09. The number of nitrogens with one attached hydrogen (secondary N) is 2. The van der Waals surface area contributed by atoms with Crippen LogP contribution in [0.2, 0.25) is 0 Å². The molecular formula is C20H27ClN2O. The van der Waals surface area contributed by atoms with Gasteiger partial charge < -0.3 is 10.6 Å². The average Bonchev–Trinajstić information content (AvgIpc) is 2.52. The Morgan fingerprint density at radius 2 is 1.50 bits per heavy atom. The van der Waals surface area contributed by atoms with E-state index in [0.29, 0.717) is 6.54 Å². The van der Waals surface area contributed by atoms with E-state index in [9.17, 15) is 4.79 Å². The van der Waals surface area contributed by atoms with Crippen LogP contribution in [-0.4, -0.2) is 19.5 Å². The number of aryl methyl sites for hydroxylation is 2. The Kier molecular flexibility index (Phi) is 7.96. The normalized spacial score (nSPS) is 11.7. The van der Waals surface area contributed by atoms with Gasteiger partial charge in [-0.25, -0.2) is 0 Å². The number of carbonyl (C=O) groups is 1. The maximum atomic E-state index is 12.5. The molecule has 3 nitrogen and oxygen atoms in total. The molecule has 1 atom stereocenters. The molecule has 0 aliphatic carbocycles. The van der Waals surface area contributed by atoms with Crippen molar-refractivity contribution in [1.82, 2.24) is 10.6 Å². The van der Waals surface area contributed by atoms with E-state index in [2.05, 4.69) is 60.9 Å². The van der Waals surface area contributed by atoms with Crippen LogP contribution in [0, 0.1) is 19.8 Å². The summed E-state index contributed by atoms with van der Waals surface area (Å²) in [6.07, 6.45) is 0. The van der Waals surface area contributed by atoms with Gasteiger partial charge in [-0.1, -0.05) is 66.6 Å². The van der Waals surface area contributed by atoms with E-state index in [1.165, 1.54) is 11.1 Å². The maximum Gasteiger partial charge on any atom is 0.224 e. The Labute approximate surface area is 151 Å². The largest absolute Gasteiger partial charge is 0.345 e. The van der Waals surface area contributed by atoms with Gasteiger partial charge in [-0.15, -0.1) is 12.4 Å². The summed E-state index contributed by atoms with van der Waals surface area (Å²) in [5.74, 6) is -0.00974. The number of rotatable bonds is 6. The molecule has 2 N–H and O–H groups in total. The highest BCUT2D eigenvalue weighted by molar-refractivity contribution is 5.85. The second kappa shape index (κ2) is 9.45. The summed E-state index contributed by atoms with van der Waals surface area (Å²) in [7, 11) is 1.86. The second-order valence-electron chi connectivity index (χ2n) is 6.23. The number of amides is 1. The van der Waals surface area contributed by atoms with Gasteiger partial charge in [-0.3, -0.25) is 4.79 Å². The van der Waals surface area contributed by atoms with Crippen LogP contribution in [0.25, 0.3) is 0 Å². The summed E-state index contributed by atoms with van der Waals surface area (Å²) in [4.78, 5) is 12.5. The summed E-state index contributed by atoms with van der Waals surface area (Å²) in [5, 5.41) is 6.27. The molecule has 1 amide bonds. The Morgan fingerprint density at radius 3 is 1.92 bits per heavy atom. The molecule has 0 spiro atoms. The van der Waals surface area contributed by atoms with Crippen molar-refractivity contribution >= 4 is 18.3 Å². The minimum atomic E-state index is -0.124. The lowest BCUT2D eigenvalue weighted by atomic mass is 9.95. The van der Waals surface area contributed by atoms with Gasteiger partial charge in [0, 0.05) is 12.5 Å². The third-order valence-electron chi connectivity index (χ3n) is 4.00. The standard InChI is InChI=1S/C20H26N2O.ClH/c1-14-7-5-9-17(11-14)19(18-10-6-8-15(2)12-18)22-20(23)16(3)13-21-4;/h5-12,16,19,21H,13H2,1-4H3,(H,22,23);1H. The van der Waals surface area contributed by atoms with Gasteiger partial charge >= 0.3 is 0 Å². The summed E-state index contributed by atoms with van der Waals surface area (Å²) >= 11 is 0. The van der Waals surface area contributed by atoms with Crippen LogP contribution in [0.4, 0.5) is 0 Å². The first-order valence-corrected chi connectivity index (χ1v) is 8.09. The van der Waals surface area contributed by atoms with Crippen molar-refractivity contribution < 1.29 is 4.79 Å². The molecule has 0 saturated heterocycles. The second-order valence-corrected chi connectivity index (χ2v) is 6.23. The van der Waals surface area contributed by atoms with E-state index in [-0.39, 0.29) is 30.3 Å². The summed E-state index contributed by atoms with van der Waals surface area (Å²) in [5.41, 5.74) is 4.61. The molecule has 0 aromatic heterocycles. The van der Waals surface area contributed by atoms with Crippen LogP contribution in [0.5, 0.6) is 0 Å². The van der Waals surface area contributed by atoms with Crippen LogP contribution >= 0.6 is 12.4 Å². The molecule has 130 valence electrons. The molecule has 0 bridgehead atoms. The monoisotopic (exact) mass is 346 g/mol. The Bertz CT molecular complexity index is 627. The molecule has 0 heterocycles. The summed E-state index contributed by atoms with van der Waals surface area (Å²) in [6.45, 7) is 6.75. The number of hydrogen-bond acceptors (Lipinski definition) is 2. The lowest BCUT2D eigenvalue weighted by molar-refractivity contribution is -0.124. The van der Waals surface area contributed by atoms with Gasteiger partial charge in [0.15, 0.2) is 0 Å². The van der Waals surface area contributed by atoms with Gasteiger partial charge in [0.05, 0.1) is 6.04 Å². The molecule has 0 saturated carbocycles. The Balaban J connectivity index is 0.00000288. The van der Waals surface area contributed by atoms with Crippen molar-refractivity contribution in [1.29, 1.82) is 0 Å². The highest BCUT2D eigenvalue weighted by Crippen LogP contribution is 2.24. The number of benzene rings is 2. The van der Waals surface area contributed by atoms with E-state index >= 15 is 0 Å². The van der Waals surface area contributed by atoms with Crippen molar-refractivity contribution in [2.24, 2.45) is 5.92 Å².